The predicted molar refractivity (Wildman–Crippen MR) is 90.2 cm³/mol. The van der Waals surface area contributed by atoms with E-state index < -0.39 is 11.0 Å². The molecule has 0 amide bonds. The highest BCUT2D eigenvalue weighted by Crippen LogP contribution is 2.74. The van der Waals surface area contributed by atoms with E-state index in [4.69, 9.17) is 0 Å². The zero-order valence-electron chi connectivity index (χ0n) is 15.1. The second-order valence-corrected chi connectivity index (χ2v) is 9.80. The number of carbonyl (C=O) groups is 1. The Morgan fingerprint density at radius 2 is 1.79 bits per heavy atom. The van der Waals surface area contributed by atoms with Crippen LogP contribution in [-0.2, 0) is 4.79 Å². The summed E-state index contributed by atoms with van der Waals surface area (Å²) in [6, 6.07) is 0. The van der Waals surface area contributed by atoms with E-state index in [-0.39, 0.29) is 41.7 Å². The maximum absolute atomic E-state index is 12.6. The number of hydrogen-bond donors (Lipinski definition) is 3. The standard InChI is InChI=1S/C20H32O4/c1-17(11-21)15-4-3-13-9-14-10-19(13,7-8-20(14,24)12-22)18(15,2)6-5-16(17)23/h13-15,21-22,24H,3-12H2,1-2H3/t13-,14+,15+,17-,18+,19-,20-/m0/s1. The van der Waals surface area contributed by atoms with E-state index >= 15 is 0 Å². The van der Waals surface area contributed by atoms with Crippen LogP contribution < -0.4 is 0 Å². The zero-order valence-corrected chi connectivity index (χ0v) is 15.1. The average molecular weight is 336 g/mol. The molecule has 4 fully saturated rings. The lowest BCUT2D eigenvalue weighted by molar-refractivity contribution is -0.190. The molecule has 0 heterocycles. The summed E-state index contributed by atoms with van der Waals surface area (Å²) in [6.45, 7) is 4.17. The van der Waals surface area contributed by atoms with Gasteiger partial charge in [-0.05, 0) is 73.5 Å². The Bertz CT molecular complexity index is 562. The van der Waals surface area contributed by atoms with E-state index in [9.17, 15) is 20.1 Å². The number of aliphatic hydroxyl groups is 3. The van der Waals surface area contributed by atoms with E-state index in [1.807, 2.05) is 6.92 Å². The van der Waals surface area contributed by atoms with Crippen molar-refractivity contribution >= 4 is 5.78 Å². The molecule has 2 bridgehead atoms. The number of Topliss-reactive ketones (excluding diaryl/α,β-unsaturated/α-hetero) is 1. The van der Waals surface area contributed by atoms with Gasteiger partial charge in [0.05, 0.1) is 24.2 Å². The van der Waals surface area contributed by atoms with Crippen LogP contribution >= 0.6 is 0 Å². The number of hydrogen-bond acceptors (Lipinski definition) is 4. The Morgan fingerprint density at radius 1 is 1.04 bits per heavy atom. The van der Waals surface area contributed by atoms with Crippen LogP contribution in [0.4, 0.5) is 0 Å². The molecule has 24 heavy (non-hydrogen) atoms. The van der Waals surface area contributed by atoms with Gasteiger partial charge in [0.1, 0.15) is 5.78 Å². The van der Waals surface area contributed by atoms with Gasteiger partial charge in [-0.2, -0.15) is 0 Å². The minimum absolute atomic E-state index is 0.0448. The molecule has 7 atom stereocenters. The molecule has 4 nitrogen and oxygen atoms in total. The topological polar surface area (TPSA) is 77.8 Å². The highest BCUT2D eigenvalue weighted by molar-refractivity contribution is 5.86. The van der Waals surface area contributed by atoms with E-state index in [1.54, 1.807) is 0 Å². The molecule has 4 saturated carbocycles. The third-order valence-corrected chi connectivity index (χ3v) is 9.32. The highest BCUT2D eigenvalue weighted by Gasteiger charge is 2.70. The molecule has 0 aliphatic heterocycles. The van der Waals surface area contributed by atoms with Gasteiger partial charge in [-0.15, -0.1) is 0 Å². The number of fused-ring (bicyclic) bond motifs is 2. The van der Waals surface area contributed by atoms with Gasteiger partial charge in [0, 0.05) is 6.42 Å². The minimum Gasteiger partial charge on any atom is -0.395 e. The van der Waals surface area contributed by atoms with Crippen molar-refractivity contribution in [3.8, 4) is 0 Å². The number of ketones is 1. The van der Waals surface area contributed by atoms with Crippen molar-refractivity contribution in [1.82, 2.24) is 0 Å². The molecule has 4 aliphatic rings. The van der Waals surface area contributed by atoms with Gasteiger partial charge in [-0.1, -0.05) is 13.8 Å². The molecular weight excluding hydrogens is 304 g/mol. The first-order valence-electron chi connectivity index (χ1n) is 9.73. The summed E-state index contributed by atoms with van der Waals surface area (Å²) >= 11 is 0. The van der Waals surface area contributed by atoms with E-state index in [1.165, 1.54) is 0 Å². The number of carbonyl (C=O) groups excluding carboxylic acids is 1. The largest absolute Gasteiger partial charge is 0.395 e. The third-order valence-electron chi connectivity index (χ3n) is 9.32. The Hall–Kier alpha value is -0.450. The van der Waals surface area contributed by atoms with Gasteiger partial charge < -0.3 is 15.3 Å². The number of aliphatic hydroxyl groups excluding tert-OH is 2. The molecular formula is C20H32O4. The monoisotopic (exact) mass is 336 g/mol. The van der Waals surface area contributed by atoms with Gasteiger partial charge >= 0.3 is 0 Å². The normalized spacial score (nSPS) is 56.7. The molecule has 0 saturated heterocycles. The van der Waals surface area contributed by atoms with Crippen LogP contribution in [-0.4, -0.2) is 39.9 Å². The van der Waals surface area contributed by atoms with Crippen LogP contribution in [0.25, 0.3) is 0 Å². The molecule has 4 aliphatic carbocycles. The first kappa shape index (κ1) is 17.0. The van der Waals surface area contributed by atoms with Crippen molar-refractivity contribution in [3.05, 3.63) is 0 Å². The molecule has 0 unspecified atom stereocenters. The Morgan fingerprint density at radius 3 is 2.46 bits per heavy atom. The van der Waals surface area contributed by atoms with Gasteiger partial charge in [-0.25, -0.2) is 0 Å². The second kappa shape index (κ2) is 5.05. The van der Waals surface area contributed by atoms with Crippen LogP contribution in [0.3, 0.4) is 0 Å². The van der Waals surface area contributed by atoms with E-state index in [0.717, 1.165) is 38.5 Å². The second-order valence-electron chi connectivity index (χ2n) is 9.80. The van der Waals surface area contributed by atoms with Crippen molar-refractivity contribution < 1.29 is 20.1 Å². The summed E-state index contributed by atoms with van der Waals surface area (Å²) in [4.78, 5) is 12.6. The summed E-state index contributed by atoms with van der Waals surface area (Å²) in [6.07, 6.45) is 7.24. The summed E-state index contributed by atoms with van der Waals surface area (Å²) in [5.41, 5.74) is -1.26. The summed E-state index contributed by atoms with van der Waals surface area (Å²) in [7, 11) is 0. The van der Waals surface area contributed by atoms with Crippen molar-refractivity contribution in [3.63, 3.8) is 0 Å². The van der Waals surface area contributed by atoms with Crippen LogP contribution in [0, 0.1) is 34.0 Å². The SMILES string of the molecule is C[C@@]1(CO)C(=O)CC[C@]2(C)[C@@H]1CC[C@H]1C[C@@H]3C[C@@]12CC[C@]3(O)CO. The Labute approximate surface area is 144 Å². The Kier molecular flexibility index (Phi) is 3.57. The molecule has 3 N–H and O–H groups in total. The first-order chi connectivity index (χ1) is 11.3. The fourth-order valence-corrected chi connectivity index (χ4v) is 7.73. The van der Waals surface area contributed by atoms with Crippen molar-refractivity contribution in [2.75, 3.05) is 13.2 Å². The fraction of sp³-hybridized carbons (Fsp3) is 0.950. The van der Waals surface area contributed by atoms with Crippen molar-refractivity contribution in [2.24, 2.45) is 34.0 Å². The molecule has 136 valence electrons. The fourth-order valence-electron chi connectivity index (χ4n) is 7.73. The van der Waals surface area contributed by atoms with Gasteiger partial charge in [-0.3, -0.25) is 4.79 Å². The minimum atomic E-state index is -0.904. The van der Waals surface area contributed by atoms with Crippen molar-refractivity contribution in [2.45, 2.75) is 70.8 Å². The van der Waals surface area contributed by atoms with Crippen molar-refractivity contribution in [1.29, 1.82) is 0 Å². The quantitative estimate of drug-likeness (QED) is 0.723. The third kappa shape index (κ3) is 1.78. The Balaban J connectivity index is 1.76. The molecule has 1 spiro atoms. The number of rotatable bonds is 2. The summed E-state index contributed by atoms with van der Waals surface area (Å²) < 4.78 is 0. The van der Waals surface area contributed by atoms with E-state index in [2.05, 4.69) is 6.92 Å². The predicted octanol–water partition coefficient (Wildman–Crippen LogP) is 2.29. The molecule has 0 aromatic carbocycles. The van der Waals surface area contributed by atoms with Gasteiger partial charge in [0.25, 0.3) is 0 Å². The smallest absolute Gasteiger partial charge is 0.141 e. The first-order valence-corrected chi connectivity index (χ1v) is 9.73. The lowest BCUT2D eigenvalue weighted by Crippen LogP contribution is -2.62. The zero-order chi connectivity index (χ0) is 17.4. The lowest BCUT2D eigenvalue weighted by Gasteiger charge is -2.65. The van der Waals surface area contributed by atoms with Gasteiger partial charge in [0.15, 0.2) is 0 Å². The average Bonchev–Trinajstić information content (AvgIpc) is 2.93. The van der Waals surface area contributed by atoms with Crippen LogP contribution in [0.1, 0.15) is 65.2 Å². The molecule has 4 heteroatoms. The van der Waals surface area contributed by atoms with Crippen LogP contribution in [0.2, 0.25) is 0 Å². The van der Waals surface area contributed by atoms with Gasteiger partial charge in [0.2, 0.25) is 0 Å². The maximum Gasteiger partial charge on any atom is 0.141 e. The molecule has 0 aromatic rings. The van der Waals surface area contributed by atoms with Crippen LogP contribution in [0.15, 0.2) is 0 Å². The van der Waals surface area contributed by atoms with Crippen LogP contribution in [0.5, 0.6) is 0 Å². The summed E-state index contributed by atoms with van der Waals surface area (Å²) in [5.74, 6) is 1.27. The highest BCUT2D eigenvalue weighted by atomic mass is 16.3. The summed E-state index contributed by atoms with van der Waals surface area (Å²) in [5, 5.41) is 30.6. The lowest BCUT2D eigenvalue weighted by atomic mass is 9.39. The maximum atomic E-state index is 12.6. The van der Waals surface area contributed by atoms with E-state index in [0.29, 0.717) is 18.8 Å². The molecule has 0 aromatic heterocycles. The molecule has 4 rings (SSSR count). The molecule has 0 radical (unpaired) electrons.